The largest absolute Gasteiger partial charge is 0.397 e. The Bertz CT molecular complexity index is 505. The van der Waals surface area contributed by atoms with Crippen molar-refractivity contribution in [3.05, 3.63) is 53.9 Å². The summed E-state index contributed by atoms with van der Waals surface area (Å²) >= 11 is 0. The minimum atomic E-state index is 0.720. The third-order valence-corrected chi connectivity index (χ3v) is 3.10. The Kier molecular flexibility index (Phi) is 3.82. The zero-order chi connectivity index (χ0) is 13.0. The number of nitrogens with zero attached hydrogens (tertiary/aromatic N) is 2. The first-order valence-electron chi connectivity index (χ1n) is 6.20. The van der Waals surface area contributed by atoms with Crippen LogP contribution in [-0.2, 0) is 13.0 Å². The summed E-state index contributed by atoms with van der Waals surface area (Å²) in [7, 11) is 2.05. The number of rotatable bonds is 4. The molecule has 0 spiro atoms. The molecule has 0 atom stereocenters. The smallest absolute Gasteiger partial charge is 0.0825 e. The molecular formula is C15H19N3. The number of hydrogen-bond acceptors (Lipinski definition) is 3. The van der Waals surface area contributed by atoms with Crippen LogP contribution in [0.2, 0.25) is 0 Å². The molecule has 0 fully saturated rings. The molecule has 2 aromatic rings. The summed E-state index contributed by atoms with van der Waals surface area (Å²) in [6.07, 6.45) is 2.84. The highest BCUT2D eigenvalue weighted by molar-refractivity contribution is 5.50. The van der Waals surface area contributed by atoms with Crippen LogP contribution in [0.5, 0.6) is 0 Å². The van der Waals surface area contributed by atoms with E-state index in [-0.39, 0.29) is 0 Å². The van der Waals surface area contributed by atoms with Crippen molar-refractivity contribution in [1.29, 1.82) is 0 Å². The number of nitrogens with two attached hydrogens (primary N) is 1. The van der Waals surface area contributed by atoms with Crippen molar-refractivity contribution in [3.63, 3.8) is 0 Å². The van der Waals surface area contributed by atoms with Crippen LogP contribution >= 0.6 is 0 Å². The molecule has 1 aromatic heterocycles. The van der Waals surface area contributed by atoms with Gasteiger partial charge in [0.2, 0.25) is 0 Å². The number of pyridine rings is 1. The molecular weight excluding hydrogens is 222 g/mol. The van der Waals surface area contributed by atoms with Gasteiger partial charge in [0.1, 0.15) is 0 Å². The summed E-state index contributed by atoms with van der Waals surface area (Å²) < 4.78 is 0. The van der Waals surface area contributed by atoms with Gasteiger partial charge < -0.3 is 10.6 Å². The third-order valence-electron chi connectivity index (χ3n) is 3.10. The van der Waals surface area contributed by atoms with Crippen molar-refractivity contribution in [1.82, 2.24) is 4.98 Å². The van der Waals surface area contributed by atoms with Gasteiger partial charge in [0.05, 0.1) is 17.9 Å². The fourth-order valence-electron chi connectivity index (χ4n) is 1.88. The van der Waals surface area contributed by atoms with Crippen LogP contribution in [0, 0.1) is 0 Å². The molecule has 0 aliphatic heterocycles. The molecule has 18 heavy (non-hydrogen) atoms. The fraction of sp³-hybridized carbons (Fsp3) is 0.267. The van der Waals surface area contributed by atoms with Gasteiger partial charge in [-0.25, -0.2) is 0 Å². The molecule has 0 unspecified atom stereocenters. The summed E-state index contributed by atoms with van der Waals surface area (Å²) in [6, 6.07) is 12.3. The lowest BCUT2D eigenvalue weighted by Crippen LogP contribution is -2.18. The van der Waals surface area contributed by atoms with E-state index in [1.807, 2.05) is 12.1 Å². The highest BCUT2D eigenvalue weighted by Gasteiger charge is 2.05. The molecule has 3 nitrogen and oxygen atoms in total. The Morgan fingerprint density at radius 3 is 2.50 bits per heavy atom. The number of benzene rings is 1. The van der Waals surface area contributed by atoms with Gasteiger partial charge in [-0.15, -0.1) is 0 Å². The molecule has 94 valence electrons. The molecule has 0 aliphatic rings. The van der Waals surface area contributed by atoms with Crippen LogP contribution < -0.4 is 10.6 Å². The predicted octanol–water partition coefficient (Wildman–Crippen LogP) is 2.86. The molecule has 0 amide bonds. The summed E-state index contributed by atoms with van der Waals surface area (Å²) in [4.78, 5) is 6.46. The van der Waals surface area contributed by atoms with Gasteiger partial charge in [-0.1, -0.05) is 19.1 Å². The number of aromatic nitrogens is 1. The maximum atomic E-state index is 5.90. The first-order valence-corrected chi connectivity index (χ1v) is 6.20. The molecule has 3 heteroatoms. The Morgan fingerprint density at radius 1 is 1.17 bits per heavy atom. The van der Waals surface area contributed by atoms with Crippen LogP contribution in [0.4, 0.5) is 11.4 Å². The molecule has 2 rings (SSSR count). The van der Waals surface area contributed by atoms with Gasteiger partial charge in [-0.2, -0.15) is 0 Å². The normalized spacial score (nSPS) is 10.3. The Labute approximate surface area is 108 Å². The molecule has 2 N–H and O–H groups in total. The van der Waals surface area contributed by atoms with Crippen LogP contribution in [0.3, 0.4) is 0 Å². The zero-order valence-corrected chi connectivity index (χ0v) is 10.9. The predicted molar refractivity (Wildman–Crippen MR) is 76.6 cm³/mol. The molecule has 0 saturated heterocycles. The molecule has 0 saturated carbocycles. The van der Waals surface area contributed by atoms with Crippen molar-refractivity contribution >= 4 is 11.4 Å². The van der Waals surface area contributed by atoms with Gasteiger partial charge in [-0.3, -0.25) is 4.98 Å². The summed E-state index contributed by atoms with van der Waals surface area (Å²) in [5, 5.41) is 0. The molecule has 0 bridgehead atoms. The topological polar surface area (TPSA) is 42.2 Å². The van der Waals surface area contributed by atoms with E-state index in [2.05, 4.69) is 48.1 Å². The number of hydrogen-bond donors (Lipinski definition) is 1. The average molecular weight is 241 g/mol. The van der Waals surface area contributed by atoms with Gasteiger partial charge >= 0.3 is 0 Å². The fourth-order valence-corrected chi connectivity index (χ4v) is 1.88. The van der Waals surface area contributed by atoms with Crippen molar-refractivity contribution in [2.75, 3.05) is 17.7 Å². The lowest BCUT2D eigenvalue weighted by atomic mass is 10.1. The first kappa shape index (κ1) is 12.4. The highest BCUT2D eigenvalue weighted by atomic mass is 15.1. The molecule has 0 aliphatic carbocycles. The maximum Gasteiger partial charge on any atom is 0.0825 e. The van der Waals surface area contributed by atoms with Crippen LogP contribution in [0.1, 0.15) is 18.2 Å². The molecule has 0 radical (unpaired) electrons. The molecule has 1 heterocycles. The highest BCUT2D eigenvalue weighted by Crippen LogP contribution is 2.18. The maximum absolute atomic E-state index is 5.90. The van der Waals surface area contributed by atoms with Crippen LogP contribution in [0.15, 0.2) is 42.6 Å². The van der Waals surface area contributed by atoms with E-state index >= 15 is 0 Å². The van der Waals surface area contributed by atoms with Gasteiger partial charge in [0.15, 0.2) is 0 Å². The number of aryl methyl sites for hydroxylation is 1. The van der Waals surface area contributed by atoms with Crippen molar-refractivity contribution in [2.45, 2.75) is 19.9 Å². The zero-order valence-electron chi connectivity index (χ0n) is 10.9. The standard InChI is InChI=1S/C15H19N3/c1-3-12-6-8-13(9-7-12)18(2)11-15-14(16)5-4-10-17-15/h4-10H,3,11,16H2,1-2H3. The second-order valence-electron chi connectivity index (χ2n) is 4.42. The average Bonchev–Trinajstić information content (AvgIpc) is 2.41. The van der Waals surface area contributed by atoms with Crippen molar-refractivity contribution in [2.24, 2.45) is 0 Å². The van der Waals surface area contributed by atoms with E-state index in [1.54, 1.807) is 6.20 Å². The first-order chi connectivity index (χ1) is 8.70. The quantitative estimate of drug-likeness (QED) is 0.895. The number of anilines is 2. The lowest BCUT2D eigenvalue weighted by molar-refractivity contribution is 0.887. The van der Waals surface area contributed by atoms with Crippen molar-refractivity contribution < 1.29 is 0 Å². The minimum absolute atomic E-state index is 0.720. The van der Waals surface area contributed by atoms with E-state index in [9.17, 15) is 0 Å². The Morgan fingerprint density at radius 2 is 1.89 bits per heavy atom. The second kappa shape index (κ2) is 5.54. The van der Waals surface area contributed by atoms with Gasteiger partial charge in [0.25, 0.3) is 0 Å². The van der Waals surface area contributed by atoms with E-state index < -0.39 is 0 Å². The lowest BCUT2D eigenvalue weighted by Gasteiger charge is -2.19. The SMILES string of the molecule is CCc1ccc(N(C)Cc2ncccc2N)cc1. The number of nitrogen functional groups attached to an aromatic ring is 1. The van der Waals surface area contributed by atoms with Gasteiger partial charge in [0, 0.05) is 18.9 Å². The van der Waals surface area contributed by atoms with E-state index in [0.29, 0.717) is 0 Å². The van der Waals surface area contributed by atoms with Crippen LogP contribution in [0.25, 0.3) is 0 Å². The Hall–Kier alpha value is -2.03. The second-order valence-corrected chi connectivity index (χ2v) is 4.42. The van der Waals surface area contributed by atoms with Gasteiger partial charge in [-0.05, 0) is 36.2 Å². The summed E-state index contributed by atoms with van der Waals surface area (Å²) in [5.41, 5.74) is 10.1. The minimum Gasteiger partial charge on any atom is -0.397 e. The van der Waals surface area contributed by atoms with E-state index in [0.717, 1.165) is 24.3 Å². The Balaban J connectivity index is 2.11. The van der Waals surface area contributed by atoms with E-state index in [1.165, 1.54) is 11.3 Å². The summed E-state index contributed by atoms with van der Waals surface area (Å²) in [6.45, 7) is 2.88. The summed E-state index contributed by atoms with van der Waals surface area (Å²) in [5.74, 6) is 0. The third kappa shape index (κ3) is 2.80. The van der Waals surface area contributed by atoms with Crippen molar-refractivity contribution in [3.8, 4) is 0 Å². The van der Waals surface area contributed by atoms with E-state index in [4.69, 9.17) is 5.73 Å². The van der Waals surface area contributed by atoms with Crippen LogP contribution in [-0.4, -0.2) is 12.0 Å². The monoisotopic (exact) mass is 241 g/mol. The molecule has 1 aromatic carbocycles.